The van der Waals surface area contributed by atoms with E-state index in [9.17, 15) is 4.79 Å². The summed E-state index contributed by atoms with van der Waals surface area (Å²) >= 11 is 1.64. The zero-order chi connectivity index (χ0) is 17.8. The minimum absolute atomic E-state index is 0. The van der Waals surface area contributed by atoms with Gasteiger partial charge < -0.3 is 4.74 Å². The summed E-state index contributed by atoms with van der Waals surface area (Å²) < 4.78 is 6.57. The fourth-order valence-corrected chi connectivity index (χ4v) is 4.94. The topological polar surface area (TPSA) is 45.7 Å². The number of fused-ring (bicyclic) bond motifs is 1. The number of carbonyl (C=O) groups excluding carboxylic acids is 1. The molecule has 1 aliphatic carbocycles. The minimum Gasteiger partial charge on any atom is -0.379 e. The number of carbonyl (C=O) groups is 1. The smallest absolute Gasteiger partial charge is 0.231 e. The zero-order valence-electron chi connectivity index (χ0n) is 15.6. The van der Waals surface area contributed by atoms with Gasteiger partial charge >= 0.3 is 0 Å². The van der Waals surface area contributed by atoms with Crippen LogP contribution in [0.4, 0.5) is 5.13 Å². The van der Waals surface area contributed by atoms with Crippen molar-refractivity contribution in [3.63, 3.8) is 0 Å². The van der Waals surface area contributed by atoms with E-state index in [0.717, 1.165) is 74.0 Å². The normalized spacial score (nSPS) is 18.5. The molecule has 27 heavy (non-hydrogen) atoms. The second-order valence-electron chi connectivity index (χ2n) is 7.24. The fraction of sp³-hybridized carbons (Fsp3) is 0.600. The van der Waals surface area contributed by atoms with Crippen molar-refractivity contribution < 1.29 is 9.53 Å². The first-order valence-electron chi connectivity index (χ1n) is 9.78. The number of para-hydroxylation sites is 1. The Kier molecular flexibility index (Phi) is 7.47. The minimum atomic E-state index is 0. The molecule has 0 bridgehead atoms. The lowest BCUT2D eigenvalue weighted by atomic mass is 10.1. The number of halogens is 1. The van der Waals surface area contributed by atoms with E-state index in [1.54, 1.807) is 11.3 Å². The first-order chi connectivity index (χ1) is 12.8. The summed E-state index contributed by atoms with van der Waals surface area (Å²) in [7, 11) is 0. The number of morpholine rings is 1. The Morgan fingerprint density at radius 2 is 1.96 bits per heavy atom. The highest BCUT2D eigenvalue weighted by Gasteiger charge is 2.29. The SMILES string of the molecule is Cl.O=C(C1CCCC1)N(CCCN1CCOCC1)c1nc2ccccc2s1. The van der Waals surface area contributed by atoms with E-state index in [4.69, 9.17) is 9.72 Å². The van der Waals surface area contributed by atoms with E-state index in [-0.39, 0.29) is 24.2 Å². The van der Waals surface area contributed by atoms with Crippen LogP contribution in [0.15, 0.2) is 24.3 Å². The van der Waals surface area contributed by atoms with Gasteiger partial charge in [-0.15, -0.1) is 12.4 Å². The molecule has 1 amide bonds. The number of rotatable bonds is 6. The summed E-state index contributed by atoms with van der Waals surface area (Å²) in [6.45, 7) is 5.41. The fourth-order valence-electron chi connectivity index (χ4n) is 3.95. The first kappa shape index (κ1) is 20.5. The molecule has 1 aromatic carbocycles. The van der Waals surface area contributed by atoms with Crippen LogP contribution in [-0.2, 0) is 9.53 Å². The number of nitrogens with zero attached hydrogens (tertiary/aromatic N) is 3. The molecule has 1 aliphatic heterocycles. The molecule has 1 saturated heterocycles. The number of amides is 1. The van der Waals surface area contributed by atoms with Gasteiger partial charge in [-0.2, -0.15) is 0 Å². The van der Waals surface area contributed by atoms with Gasteiger partial charge in [0.2, 0.25) is 5.91 Å². The van der Waals surface area contributed by atoms with Gasteiger partial charge in [-0.05, 0) is 31.4 Å². The van der Waals surface area contributed by atoms with Crippen LogP contribution >= 0.6 is 23.7 Å². The van der Waals surface area contributed by atoms with E-state index in [2.05, 4.69) is 11.0 Å². The summed E-state index contributed by atoms with van der Waals surface area (Å²) in [6.07, 6.45) is 5.40. The molecule has 0 atom stereocenters. The van der Waals surface area contributed by atoms with Gasteiger partial charge in [0.25, 0.3) is 0 Å². The molecule has 2 aliphatic rings. The molecule has 148 valence electrons. The number of thiazole rings is 1. The summed E-state index contributed by atoms with van der Waals surface area (Å²) in [5.41, 5.74) is 0.991. The maximum absolute atomic E-state index is 13.2. The third-order valence-corrected chi connectivity index (χ3v) is 6.50. The van der Waals surface area contributed by atoms with Crippen molar-refractivity contribution in [1.82, 2.24) is 9.88 Å². The Morgan fingerprint density at radius 1 is 1.22 bits per heavy atom. The van der Waals surface area contributed by atoms with Crippen LogP contribution in [0, 0.1) is 5.92 Å². The lowest BCUT2D eigenvalue weighted by molar-refractivity contribution is -0.122. The lowest BCUT2D eigenvalue weighted by Gasteiger charge is -2.28. The number of hydrogen-bond acceptors (Lipinski definition) is 5. The zero-order valence-corrected chi connectivity index (χ0v) is 17.3. The first-order valence-corrected chi connectivity index (χ1v) is 10.6. The van der Waals surface area contributed by atoms with Crippen LogP contribution in [0.25, 0.3) is 10.2 Å². The van der Waals surface area contributed by atoms with Crippen LogP contribution in [0.5, 0.6) is 0 Å². The summed E-state index contributed by atoms with van der Waals surface area (Å²) in [5.74, 6) is 0.467. The summed E-state index contributed by atoms with van der Waals surface area (Å²) in [6, 6.07) is 8.16. The Labute approximate surface area is 171 Å². The van der Waals surface area contributed by atoms with Crippen molar-refractivity contribution in [3.8, 4) is 0 Å². The van der Waals surface area contributed by atoms with Crippen LogP contribution < -0.4 is 4.90 Å². The van der Waals surface area contributed by atoms with Gasteiger partial charge in [-0.3, -0.25) is 14.6 Å². The molecule has 4 rings (SSSR count). The second kappa shape index (κ2) is 9.82. The van der Waals surface area contributed by atoms with Crippen LogP contribution in [0.1, 0.15) is 32.1 Å². The Bertz CT molecular complexity index is 709. The van der Waals surface area contributed by atoms with Crippen LogP contribution in [0.3, 0.4) is 0 Å². The van der Waals surface area contributed by atoms with Gasteiger partial charge in [-0.1, -0.05) is 36.3 Å². The molecule has 0 radical (unpaired) electrons. The van der Waals surface area contributed by atoms with Gasteiger partial charge in [-0.25, -0.2) is 4.98 Å². The highest BCUT2D eigenvalue weighted by molar-refractivity contribution is 7.22. The third kappa shape index (κ3) is 4.99. The number of aromatic nitrogens is 1. The molecular formula is C20H28ClN3O2S. The summed E-state index contributed by atoms with van der Waals surface area (Å²) in [4.78, 5) is 22.3. The molecule has 0 N–H and O–H groups in total. The maximum Gasteiger partial charge on any atom is 0.231 e. The average molecular weight is 410 g/mol. The molecule has 2 heterocycles. The highest BCUT2D eigenvalue weighted by Crippen LogP contribution is 2.33. The molecule has 2 aromatic rings. The predicted molar refractivity (Wildman–Crippen MR) is 113 cm³/mol. The van der Waals surface area contributed by atoms with E-state index in [1.807, 2.05) is 23.1 Å². The van der Waals surface area contributed by atoms with Gasteiger partial charge in [0, 0.05) is 32.1 Å². The van der Waals surface area contributed by atoms with E-state index in [1.165, 1.54) is 12.8 Å². The Morgan fingerprint density at radius 3 is 2.70 bits per heavy atom. The maximum atomic E-state index is 13.2. The number of ether oxygens (including phenoxy) is 1. The van der Waals surface area contributed by atoms with Crippen molar-refractivity contribution >= 4 is 45.0 Å². The monoisotopic (exact) mass is 409 g/mol. The van der Waals surface area contributed by atoms with Crippen molar-refractivity contribution in [2.45, 2.75) is 32.1 Å². The van der Waals surface area contributed by atoms with Gasteiger partial charge in [0.1, 0.15) is 0 Å². The number of anilines is 1. The van der Waals surface area contributed by atoms with Gasteiger partial charge in [0.15, 0.2) is 5.13 Å². The Balaban J connectivity index is 0.00000210. The van der Waals surface area contributed by atoms with Crippen LogP contribution in [0.2, 0.25) is 0 Å². The van der Waals surface area contributed by atoms with E-state index >= 15 is 0 Å². The molecule has 0 unspecified atom stereocenters. The molecule has 2 fully saturated rings. The van der Waals surface area contributed by atoms with Crippen molar-refractivity contribution in [1.29, 1.82) is 0 Å². The molecule has 0 spiro atoms. The standard InChI is InChI=1S/C20H27N3O2S.ClH/c24-19(16-6-1-2-7-16)23(11-5-10-22-12-14-25-15-13-22)20-21-17-8-3-4-9-18(17)26-20;/h3-4,8-9,16H,1-2,5-7,10-15H2;1H. The highest BCUT2D eigenvalue weighted by atomic mass is 35.5. The molecule has 1 aromatic heterocycles. The van der Waals surface area contributed by atoms with E-state index in [0.29, 0.717) is 0 Å². The quantitative estimate of drug-likeness (QED) is 0.724. The van der Waals surface area contributed by atoms with E-state index < -0.39 is 0 Å². The molecule has 7 heteroatoms. The number of hydrogen-bond donors (Lipinski definition) is 0. The number of benzene rings is 1. The lowest BCUT2D eigenvalue weighted by Crippen LogP contribution is -2.40. The predicted octanol–water partition coefficient (Wildman–Crippen LogP) is 3.96. The third-order valence-electron chi connectivity index (χ3n) is 5.44. The Hall–Kier alpha value is -1.21. The average Bonchev–Trinajstić information content (AvgIpc) is 3.35. The van der Waals surface area contributed by atoms with Crippen molar-refractivity contribution in [2.75, 3.05) is 44.3 Å². The van der Waals surface area contributed by atoms with Crippen LogP contribution in [-0.4, -0.2) is 55.2 Å². The van der Waals surface area contributed by atoms with Gasteiger partial charge in [0.05, 0.1) is 23.4 Å². The molecule has 1 saturated carbocycles. The molecular weight excluding hydrogens is 382 g/mol. The molecule has 5 nitrogen and oxygen atoms in total. The van der Waals surface area contributed by atoms with Crippen molar-refractivity contribution in [3.05, 3.63) is 24.3 Å². The summed E-state index contributed by atoms with van der Waals surface area (Å²) in [5, 5.41) is 0.866. The van der Waals surface area contributed by atoms with Crippen molar-refractivity contribution in [2.24, 2.45) is 5.92 Å². The second-order valence-corrected chi connectivity index (χ2v) is 8.25. The largest absolute Gasteiger partial charge is 0.379 e.